The van der Waals surface area contributed by atoms with E-state index in [1.54, 1.807) is 0 Å². The van der Waals surface area contributed by atoms with Gasteiger partial charge in [0.25, 0.3) is 0 Å². The Morgan fingerprint density at radius 2 is 0.964 bits per heavy atom. The second-order valence-electron chi connectivity index (χ2n) is 10.7. The van der Waals surface area contributed by atoms with Crippen molar-refractivity contribution in [1.29, 1.82) is 0 Å². The van der Waals surface area contributed by atoms with E-state index >= 15 is 0 Å². The topological polar surface area (TPSA) is 24.1 Å². The van der Waals surface area contributed by atoms with Gasteiger partial charge in [0.2, 0.25) is 0 Å². The summed E-state index contributed by atoms with van der Waals surface area (Å²) in [6.07, 6.45) is 20.2. The van der Waals surface area contributed by atoms with Crippen molar-refractivity contribution in [2.75, 3.05) is 0 Å². The van der Waals surface area contributed by atoms with E-state index in [9.17, 15) is 0 Å². The highest BCUT2D eigenvalue weighted by Crippen LogP contribution is 2.31. The van der Waals surface area contributed by atoms with Crippen molar-refractivity contribution in [3.63, 3.8) is 0 Å². The van der Waals surface area contributed by atoms with Crippen LogP contribution in [0.5, 0.6) is 0 Å². The first-order valence-electron chi connectivity index (χ1n) is 13.0. The van der Waals surface area contributed by atoms with Crippen LogP contribution in [0.15, 0.2) is 0 Å². The molecule has 0 bridgehead atoms. The zero-order valence-electron chi connectivity index (χ0n) is 19.9. The molecule has 0 aliphatic heterocycles. The highest BCUT2D eigenvalue weighted by Gasteiger charge is 2.31. The summed E-state index contributed by atoms with van der Waals surface area (Å²) in [7, 11) is 0. The molecule has 4 atom stereocenters. The van der Waals surface area contributed by atoms with Crippen molar-refractivity contribution in [3.05, 3.63) is 0 Å². The Bertz CT molecular complexity index is 378. The Kier molecular flexibility index (Phi) is 11.5. The van der Waals surface area contributed by atoms with Gasteiger partial charge >= 0.3 is 0 Å². The van der Waals surface area contributed by atoms with Crippen LogP contribution in [0.4, 0.5) is 0 Å². The standard InChI is InChI=1S/C26H52N2/c1-20(2)27-26(25-18-14-10-7-11-15-19-25)21(3)22(4)28-23(5)24-16-12-8-6-9-13-17-24/h20-28H,6-19H2,1-5H3/t21?,22-,23?,26?/m0/s1. The number of nitrogens with one attached hydrogen (secondary N) is 2. The molecule has 2 heteroatoms. The lowest BCUT2D eigenvalue weighted by molar-refractivity contribution is 0.173. The van der Waals surface area contributed by atoms with Gasteiger partial charge < -0.3 is 10.6 Å². The molecule has 2 rings (SSSR count). The van der Waals surface area contributed by atoms with Gasteiger partial charge in [0, 0.05) is 24.2 Å². The van der Waals surface area contributed by atoms with Gasteiger partial charge in [-0.15, -0.1) is 0 Å². The maximum absolute atomic E-state index is 4.08. The van der Waals surface area contributed by atoms with E-state index in [2.05, 4.69) is 45.3 Å². The Morgan fingerprint density at radius 3 is 1.43 bits per heavy atom. The van der Waals surface area contributed by atoms with Gasteiger partial charge in [-0.25, -0.2) is 0 Å². The van der Waals surface area contributed by atoms with Gasteiger partial charge in [-0.3, -0.25) is 0 Å². The second kappa shape index (κ2) is 13.3. The van der Waals surface area contributed by atoms with E-state index in [-0.39, 0.29) is 0 Å². The maximum atomic E-state index is 4.08. The fourth-order valence-corrected chi connectivity index (χ4v) is 5.95. The lowest BCUT2D eigenvalue weighted by atomic mass is 9.78. The van der Waals surface area contributed by atoms with E-state index in [1.807, 2.05) is 0 Å². The average molecular weight is 393 g/mol. The third kappa shape index (κ3) is 8.34. The smallest absolute Gasteiger partial charge is 0.0138 e. The molecule has 28 heavy (non-hydrogen) atoms. The van der Waals surface area contributed by atoms with Crippen LogP contribution in [-0.4, -0.2) is 24.2 Å². The molecule has 0 aromatic heterocycles. The van der Waals surface area contributed by atoms with Gasteiger partial charge in [-0.05, 0) is 57.3 Å². The van der Waals surface area contributed by atoms with Crippen molar-refractivity contribution in [1.82, 2.24) is 10.6 Å². The zero-order chi connectivity index (χ0) is 20.4. The summed E-state index contributed by atoms with van der Waals surface area (Å²) in [5.41, 5.74) is 0. The molecule has 2 nitrogen and oxygen atoms in total. The summed E-state index contributed by atoms with van der Waals surface area (Å²) in [6, 6.07) is 2.48. The molecule has 0 spiro atoms. The van der Waals surface area contributed by atoms with Crippen LogP contribution in [0.2, 0.25) is 0 Å². The van der Waals surface area contributed by atoms with Crippen LogP contribution in [0.3, 0.4) is 0 Å². The van der Waals surface area contributed by atoms with Crippen LogP contribution in [0.1, 0.15) is 125 Å². The van der Waals surface area contributed by atoms with Crippen LogP contribution < -0.4 is 10.6 Å². The van der Waals surface area contributed by atoms with Gasteiger partial charge in [0.05, 0.1) is 0 Å². The van der Waals surface area contributed by atoms with Crippen molar-refractivity contribution in [3.8, 4) is 0 Å². The van der Waals surface area contributed by atoms with Gasteiger partial charge in [0.1, 0.15) is 0 Å². The van der Waals surface area contributed by atoms with E-state index in [0.29, 0.717) is 30.1 Å². The van der Waals surface area contributed by atoms with Gasteiger partial charge in [-0.1, -0.05) is 85.0 Å². The molecule has 2 saturated carbocycles. The Balaban J connectivity index is 1.95. The van der Waals surface area contributed by atoms with Crippen LogP contribution in [-0.2, 0) is 0 Å². The molecule has 0 radical (unpaired) electrons. The second-order valence-corrected chi connectivity index (χ2v) is 10.7. The molecule has 166 valence electrons. The fraction of sp³-hybridized carbons (Fsp3) is 1.00. The molecule has 0 saturated heterocycles. The van der Waals surface area contributed by atoms with Crippen molar-refractivity contribution in [2.24, 2.45) is 17.8 Å². The third-order valence-electron chi connectivity index (χ3n) is 7.92. The predicted octanol–water partition coefficient (Wildman–Crippen LogP) is 7.08. The largest absolute Gasteiger partial charge is 0.311 e. The minimum Gasteiger partial charge on any atom is -0.311 e. The van der Waals surface area contributed by atoms with Crippen molar-refractivity contribution in [2.45, 2.75) is 149 Å². The molecule has 0 aromatic carbocycles. The lowest BCUT2D eigenvalue weighted by Gasteiger charge is -2.40. The summed E-state index contributed by atoms with van der Waals surface area (Å²) >= 11 is 0. The van der Waals surface area contributed by atoms with E-state index < -0.39 is 0 Å². The predicted molar refractivity (Wildman–Crippen MR) is 125 cm³/mol. The molecule has 2 fully saturated rings. The summed E-state index contributed by atoms with van der Waals surface area (Å²) in [4.78, 5) is 0. The van der Waals surface area contributed by atoms with E-state index in [0.717, 1.165) is 11.8 Å². The first kappa shape index (κ1) is 24.2. The average Bonchev–Trinajstić information content (AvgIpc) is 2.58. The molecule has 0 heterocycles. The fourth-order valence-electron chi connectivity index (χ4n) is 5.95. The highest BCUT2D eigenvalue weighted by atomic mass is 15.0. The minimum absolute atomic E-state index is 0.577. The molecular formula is C26H52N2. The molecule has 2 aliphatic carbocycles. The number of hydrogen-bond donors (Lipinski definition) is 2. The molecule has 3 unspecified atom stereocenters. The van der Waals surface area contributed by atoms with E-state index in [1.165, 1.54) is 89.9 Å². The third-order valence-corrected chi connectivity index (χ3v) is 7.92. The normalized spacial score (nSPS) is 25.9. The summed E-state index contributed by atoms with van der Waals surface area (Å²) in [6.45, 7) is 12.1. The van der Waals surface area contributed by atoms with Crippen LogP contribution >= 0.6 is 0 Å². The Labute approximate surface area is 177 Å². The molecular weight excluding hydrogens is 340 g/mol. The SMILES string of the molecule is CC(C)NC(C1CCCCCCC1)C(C)[C@H](C)NC(C)C1CCCCCCC1. The van der Waals surface area contributed by atoms with Crippen molar-refractivity contribution >= 4 is 0 Å². The Hall–Kier alpha value is -0.0800. The molecule has 0 aromatic rings. The molecule has 0 amide bonds. The van der Waals surface area contributed by atoms with Crippen LogP contribution in [0.25, 0.3) is 0 Å². The molecule has 2 aliphatic rings. The van der Waals surface area contributed by atoms with Gasteiger partial charge in [-0.2, -0.15) is 0 Å². The summed E-state index contributed by atoms with van der Waals surface area (Å²) < 4.78 is 0. The van der Waals surface area contributed by atoms with E-state index in [4.69, 9.17) is 0 Å². The van der Waals surface area contributed by atoms with Crippen molar-refractivity contribution < 1.29 is 0 Å². The highest BCUT2D eigenvalue weighted by molar-refractivity contribution is 4.89. The number of rotatable bonds is 8. The van der Waals surface area contributed by atoms with Gasteiger partial charge in [0.15, 0.2) is 0 Å². The summed E-state index contributed by atoms with van der Waals surface area (Å²) in [5, 5.41) is 8.09. The first-order valence-corrected chi connectivity index (χ1v) is 13.0. The zero-order valence-corrected chi connectivity index (χ0v) is 19.9. The lowest BCUT2D eigenvalue weighted by Crippen LogP contribution is -2.53. The summed E-state index contributed by atoms with van der Waals surface area (Å²) in [5.74, 6) is 2.43. The maximum Gasteiger partial charge on any atom is 0.0138 e. The monoisotopic (exact) mass is 392 g/mol. The minimum atomic E-state index is 0.577. The molecule has 2 N–H and O–H groups in total. The Morgan fingerprint density at radius 1 is 0.536 bits per heavy atom. The number of hydrogen-bond acceptors (Lipinski definition) is 2. The van der Waals surface area contributed by atoms with Crippen LogP contribution in [0, 0.1) is 17.8 Å². The first-order chi connectivity index (χ1) is 13.5. The quantitative estimate of drug-likeness (QED) is 0.461.